The molecule has 1 N–H and O–H groups in total. The van der Waals surface area contributed by atoms with Crippen molar-refractivity contribution >= 4 is 43.8 Å². The summed E-state index contributed by atoms with van der Waals surface area (Å²) in [6, 6.07) is 10.8. The van der Waals surface area contributed by atoms with E-state index in [4.69, 9.17) is 21.1 Å². The van der Waals surface area contributed by atoms with E-state index in [9.17, 15) is 8.42 Å². The highest BCUT2D eigenvalue weighted by atomic mass is 79.9. The molecule has 2 aromatic rings. The molecule has 0 aliphatic rings. The zero-order valence-corrected chi connectivity index (χ0v) is 16.7. The van der Waals surface area contributed by atoms with Crippen LogP contribution in [0, 0.1) is 0 Å². The number of hydrogen-bond donors (Lipinski definition) is 1. The quantitative estimate of drug-likeness (QED) is 0.520. The van der Waals surface area contributed by atoms with E-state index in [2.05, 4.69) is 21.0 Å². The summed E-state index contributed by atoms with van der Waals surface area (Å²) in [5.74, 6) is 1.02. The summed E-state index contributed by atoms with van der Waals surface area (Å²) in [5.41, 5.74) is 1.60. The van der Waals surface area contributed by atoms with E-state index in [1.165, 1.54) is 13.3 Å². The third-order valence-corrected chi connectivity index (χ3v) is 4.26. The highest BCUT2D eigenvalue weighted by molar-refractivity contribution is 9.10. The van der Waals surface area contributed by atoms with E-state index in [1.807, 2.05) is 17.0 Å². The number of methoxy groups -OCH3 is 1. The molecule has 0 fully saturated rings. The Bertz CT molecular complexity index is 870. The molecule has 0 amide bonds. The molecular weight excluding hydrogens is 432 g/mol. The Labute approximate surface area is 160 Å². The highest BCUT2D eigenvalue weighted by Gasteiger charge is 2.11. The van der Waals surface area contributed by atoms with Gasteiger partial charge in [0.1, 0.15) is 6.61 Å². The van der Waals surface area contributed by atoms with Gasteiger partial charge < -0.3 is 9.47 Å². The standard InChI is InChI=1S/C16H16BrClN2O4S/c1-23-15-8-12(9-19-20-25(2,21)22)7-14(17)16(15)24-10-11-3-5-13(18)6-4-11/h3-9,20H,10H2,1-2H3/b19-9-. The van der Waals surface area contributed by atoms with Crippen LogP contribution >= 0.6 is 27.5 Å². The molecule has 134 valence electrons. The Morgan fingerprint density at radius 3 is 2.56 bits per heavy atom. The largest absolute Gasteiger partial charge is 0.493 e. The third kappa shape index (κ3) is 6.22. The Balaban J connectivity index is 2.17. The first-order valence-electron chi connectivity index (χ1n) is 7.03. The van der Waals surface area contributed by atoms with Gasteiger partial charge in [0, 0.05) is 5.02 Å². The molecule has 0 aromatic heterocycles. The van der Waals surface area contributed by atoms with Crippen LogP contribution in [0.3, 0.4) is 0 Å². The molecule has 0 saturated carbocycles. The van der Waals surface area contributed by atoms with Crippen molar-refractivity contribution in [1.29, 1.82) is 0 Å². The van der Waals surface area contributed by atoms with Crippen molar-refractivity contribution in [1.82, 2.24) is 4.83 Å². The molecule has 0 radical (unpaired) electrons. The fourth-order valence-electron chi connectivity index (χ4n) is 1.89. The average molecular weight is 448 g/mol. The first-order valence-corrected chi connectivity index (χ1v) is 10.1. The number of benzene rings is 2. The minimum atomic E-state index is -3.40. The maximum absolute atomic E-state index is 11.0. The van der Waals surface area contributed by atoms with Gasteiger partial charge >= 0.3 is 0 Å². The van der Waals surface area contributed by atoms with E-state index in [0.717, 1.165) is 11.8 Å². The zero-order valence-electron chi connectivity index (χ0n) is 13.5. The fraction of sp³-hybridized carbons (Fsp3) is 0.188. The second kappa shape index (κ2) is 8.55. The lowest BCUT2D eigenvalue weighted by Crippen LogP contribution is -2.15. The molecule has 0 saturated heterocycles. The lowest BCUT2D eigenvalue weighted by atomic mass is 10.2. The van der Waals surface area contributed by atoms with Gasteiger partial charge in [0.05, 0.1) is 24.1 Å². The van der Waals surface area contributed by atoms with Crippen molar-refractivity contribution in [3.63, 3.8) is 0 Å². The molecule has 0 spiro atoms. The number of halogens is 2. The molecule has 2 rings (SSSR count). The van der Waals surface area contributed by atoms with Crippen molar-refractivity contribution in [3.05, 3.63) is 57.0 Å². The van der Waals surface area contributed by atoms with E-state index in [0.29, 0.717) is 33.2 Å². The molecular formula is C16H16BrClN2O4S. The van der Waals surface area contributed by atoms with Gasteiger partial charge in [0.2, 0.25) is 10.0 Å². The maximum atomic E-state index is 11.0. The molecule has 0 bridgehead atoms. The van der Waals surface area contributed by atoms with Crippen LogP contribution in [0.1, 0.15) is 11.1 Å². The van der Waals surface area contributed by atoms with Crippen molar-refractivity contribution in [2.75, 3.05) is 13.4 Å². The topological polar surface area (TPSA) is 77.0 Å². The Hall–Kier alpha value is -1.77. The van der Waals surface area contributed by atoms with Crippen LogP contribution in [0.25, 0.3) is 0 Å². The number of rotatable bonds is 7. The summed E-state index contributed by atoms with van der Waals surface area (Å²) >= 11 is 9.29. The molecule has 0 heterocycles. The van der Waals surface area contributed by atoms with Crippen molar-refractivity contribution < 1.29 is 17.9 Å². The second-order valence-electron chi connectivity index (χ2n) is 5.07. The SMILES string of the molecule is COc1cc(/C=N\NS(C)(=O)=O)cc(Br)c1OCc1ccc(Cl)cc1. The predicted octanol–water partition coefficient (Wildman–Crippen LogP) is 3.57. The smallest absolute Gasteiger partial charge is 0.244 e. The molecule has 0 unspecified atom stereocenters. The minimum Gasteiger partial charge on any atom is -0.493 e. The third-order valence-electron chi connectivity index (χ3n) is 2.98. The first-order chi connectivity index (χ1) is 11.8. The van der Waals surface area contributed by atoms with Crippen molar-refractivity contribution in [3.8, 4) is 11.5 Å². The summed E-state index contributed by atoms with van der Waals surface area (Å²) in [7, 11) is -1.88. The number of ether oxygens (including phenoxy) is 2. The van der Waals surface area contributed by atoms with E-state index in [1.54, 1.807) is 24.3 Å². The van der Waals surface area contributed by atoms with Crippen LogP contribution in [0.15, 0.2) is 46.0 Å². The average Bonchev–Trinajstić information content (AvgIpc) is 2.53. The van der Waals surface area contributed by atoms with Crippen LogP contribution in [-0.4, -0.2) is 28.0 Å². The summed E-state index contributed by atoms with van der Waals surface area (Å²) < 4.78 is 33.9. The fourth-order valence-corrected chi connectivity index (χ4v) is 2.83. The molecule has 0 aliphatic carbocycles. The van der Waals surface area contributed by atoms with Crippen LogP contribution < -0.4 is 14.3 Å². The predicted molar refractivity (Wildman–Crippen MR) is 102 cm³/mol. The van der Waals surface area contributed by atoms with E-state index < -0.39 is 10.0 Å². The minimum absolute atomic E-state index is 0.342. The second-order valence-corrected chi connectivity index (χ2v) is 8.09. The normalized spacial score (nSPS) is 11.5. The molecule has 6 nitrogen and oxygen atoms in total. The number of hydrazone groups is 1. The number of hydrogen-bond acceptors (Lipinski definition) is 5. The first kappa shape index (κ1) is 19.6. The van der Waals surface area contributed by atoms with Crippen LogP contribution in [0.4, 0.5) is 0 Å². The maximum Gasteiger partial charge on any atom is 0.244 e. The Morgan fingerprint density at radius 2 is 1.96 bits per heavy atom. The van der Waals surface area contributed by atoms with E-state index >= 15 is 0 Å². The van der Waals surface area contributed by atoms with Crippen LogP contribution in [-0.2, 0) is 16.6 Å². The lowest BCUT2D eigenvalue weighted by molar-refractivity contribution is 0.282. The van der Waals surface area contributed by atoms with Gasteiger partial charge in [0.15, 0.2) is 11.5 Å². The van der Waals surface area contributed by atoms with Gasteiger partial charge in [-0.15, -0.1) is 0 Å². The van der Waals surface area contributed by atoms with Gasteiger partial charge in [-0.1, -0.05) is 23.7 Å². The lowest BCUT2D eigenvalue weighted by Gasteiger charge is -2.13. The van der Waals surface area contributed by atoms with Gasteiger partial charge in [-0.3, -0.25) is 0 Å². The molecule has 0 atom stereocenters. The van der Waals surface area contributed by atoms with E-state index in [-0.39, 0.29) is 0 Å². The Morgan fingerprint density at radius 1 is 1.28 bits per heavy atom. The number of nitrogens with zero attached hydrogens (tertiary/aromatic N) is 1. The van der Waals surface area contributed by atoms with Gasteiger partial charge in [-0.2, -0.15) is 5.10 Å². The zero-order chi connectivity index (χ0) is 18.4. The van der Waals surface area contributed by atoms with Gasteiger partial charge in [0.25, 0.3) is 0 Å². The summed E-state index contributed by atoms with van der Waals surface area (Å²) in [6.45, 7) is 0.342. The highest BCUT2D eigenvalue weighted by Crippen LogP contribution is 2.36. The monoisotopic (exact) mass is 446 g/mol. The van der Waals surface area contributed by atoms with Gasteiger partial charge in [-0.25, -0.2) is 13.2 Å². The van der Waals surface area contributed by atoms with Gasteiger partial charge in [-0.05, 0) is 51.3 Å². The number of nitrogens with one attached hydrogen (secondary N) is 1. The summed E-state index contributed by atoms with van der Waals surface area (Å²) in [5, 5.41) is 4.33. The Kier molecular flexibility index (Phi) is 6.69. The summed E-state index contributed by atoms with van der Waals surface area (Å²) in [4.78, 5) is 2.04. The van der Waals surface area contributed by atoms with Crippen molar-refractivity contribution in [2.45, 2.75) is 6.61 Å². The molecule has 2 aromatic carbocycles. The molecule has 25 heavy (non-hydrogen) atoms. The number of sulfonamides is 1. The molecule has 9 heteroatoms. The van der Waals surface area contributed by atoms with Crippen LogP contribution in [0.2, 0.25) is 5.02 Å². The van der Waals surface area contributed by atoms with Crippen molar-refractivity contribution in [2.24, 2.45) is 5.10 Å². The molecule has 0 aliphatic heterocycles. The summed E-state index contributed by atoms with van der Waals surface area (Å²) in [6.07, 6.45) is 2.39. The van der Waals surface area contributed by atoms with Crippen LogP contribution in [0.5, 0.6) is 11.5 Å².